The quantitative estimate of drug-likeness (QED) is 0.618. The Balaban J connectivity index is 1.30. The second kappa shape index (κ2) is 8.34. The van der Waals surface area contributed by atoms with Gasteiger partial charge >= 0.3 is 0 Å². The zero-order valence-electron chi connectivity index (χ0n) is 16.6. The summed E-state index contributed by atoms with van der Waals surface area (Å²) in [7, 11) is 3.25. The zero-order valence-corrected chi connectivity index (χ0v) is 16.6. The molecule has 2 aromatic carbocycles. The Bertz CT molecular complexity index is 981. The van der Waals surface area contributed by atoms with E-state index in [2.05, 4.69) is 10.3 Å². The number of carbonyl (C=O) groups is 1. The molecule has 0 bridgehead atoms. The van der Waals surface area contributed by atoms with E-state index < -0.39 is 0 Å². The lowest BCUT2D eigenvalue weighted by Gasteiger charge is -2.39. The van der Waals surface area contributed by atoms with Crippen LogP contribution in [0, 0.1) is 0 Å². The van der Waals surface area contributed by atoms with Crippen molar-refractivity contribution in [3.05, 3.63) is 60.3 Å². The number of rotatable bonds is 7. The summed E-state index contributed by atoms with van der Waals surface area (Å²) in [5, 5.41) is 8.50. The SMILES string of the molecule is COc1ccc(CCC(=O)N2CC(n3cc(-c4ccccc4)nn3)C2)c(OC)c1. The molecule has 1 saturated heterocycles. The first-order chi connectivity index (χ1) is 14.2. The molecule has 3 aromatic rings. The summed E-state index contributed by atoms with van der Waals surface area (Å²) in [5.41, 5.74) is 2.89. The second-order valence-electron chi connectivity index (χ2n) is 7.08. The van der Waals surface area contributed by atoms with Crippen LogP contribution in [0.3, 0.4) is 0 Å². The number of amides is 1. The van der Waals surface area contributed by atoms with E-state index in [1.54, 1.807) is 14.2 Å². The monoisotopic (exact) mass is 392 g/mol. The van der Waals surface area contributed by atoms with Crippen LogP contribution >= 0.6 is 0 Å². The van der Waals surface area contributed by atoms with Crippen molar-refractivity contribution in [1.29, 1.82) is 0 Å². The van der Waals surface area contributed by atoms with Gasteiger partial charge in [0.1, 0.15) is 17.2 Å². The molecule has 150 valence electrons. The Morgan fingerprint density at radius 1 is 1.10 bits per heavy atom. The highest BCUT2D eigenvalue weighted by Crippen LogP contribution is 2.27. The number of benzene rings is 2. The topological polar surface area (TPSA) is 69.5 Å². The lowest BCUT2D eigenvalue weighted by atomic mass is 10.0. The molecule has 7 heteroatoms. The maximum atomic E-state index is 12.5. The number of ether oxygens (including phenoxy) is 2. The molecule has 0 spiro atoms. The minimum atomic E-state index is 0.141. The Hall–Kier alpha value is -3.35. The minimum Gasteiger partial charge on any atom is -0.497 e. The Labute approximate surface area is 169 Å². The number of hydrogen-bond acceptors (Lipinski definition) is 5. The predicted octanol–water partition coefficient (Wildman–Crippen LogP) is 2.98. The van der Waals surface area contributed by atoms with Gasteiger partial charge < -0.3 is 14.4 Å². The summed E-state index contributed by atoms with van der Waals surface area (Å²) in [6, 6.07) is 15.8. The molecule has 1 aliphatic heterocycles. The Morgan fingerprint density at radius 2 is 1.90 bits per heavy atom. The molecule has 1 aliphatic rings. The lowest BCUT2D eigenvalue weighted by Crippen LogP contribution is -2.50. The number of aryl methyl sites for hydroxylation is 1. The minimum absolute atomic E-state index is 0.141. The van der Waals surface area contributed by atoms with Crippen molar-refractivity contribution in [1.82, 2.24) is 19.9 Å². The largest absolute Gasteiger partial charge is 0.497 e. The van der Waals surface area contributed by atoms with Gasteiger partial charge in [-0.05, 0) is 18.1 Å². The maximum Gasteiger partial charge on any atom is 0.223 e. The van der Waals surface area contributed by atoms with Crippen LogP contribution in [0.4, 0.5) is 0 Å². The highest BCUT2D eigenvalue weighted by molar-refractivity contribution is 5.77. The smallest absolute Gasteiger partial charge is 0.223 e. The third-order valence-corrected chi connectivity index (χ3v) is 5.27. The third kappa shape index (κ3) is 4.08. The van der Waals surface area contributed by atoms with Crippen molar-refractivity contribution in [3.8, 4) is 22.8 Å². The molecule has 4 rings (SSSR count). The predicted molar refractivity (Wildman–Crippen MR) is 109 cm³/mol. The van der Waals surface area contributed by atoms with E-state index in [0.717, 1.165) is 28.3 Å². The van der Waals surface area contributed by atoms with E-state index in [-0.39, 0.29) is 11.9 Å². The van der Waals surface area contributed by atoms with Crippen molar-refractivity contribution >= 4 is 5.91 Å². The number of methoxy groups -OCH3 is 2. The van der Waals surface area contributed by atoms with Crippen LogP contribution in [0.1, 0.15) is 18.0 Å². The first kappa shape index (κ1) is 19.0. The second-order valence-corrected chi connectivity index (χ2v) is 7.08. The average Bonchev–Trinajstić information content (AvgIpc) is 3.21. The van der Waals surface area contributed by atoms with Gasteiger partial charge in [0, 0.05) is 31.1 Å². The van der Waals surface area contributed by atoms with Gasteiger partial charge in [-0.15, -0.1) is 5.10 Å². The first-order valence-electron chi connectivity index (χ1n) is 9.64. The fraction of sp³-hybridized carbons (Fsp3) is 0.318. The van der Waals surface area contributed by atoms with Gasteiger partial charge in [-0.25, -0.2) is 4.68 Å². The average molecular weight is 392 g/mol. The van der Waals surface area contributed by atoms with Crippen LogP contribution in [0.25, 0.3) is 11.3 Å². The van der Waals surface area contributed by atoms with Crippen molar-refractivity contribution < 1.29 is 14.3 Å². The molecule has 0 saturated carbocycles. The van der Waals surface area contributed by atoms with E-state index in [1.165, 1.54) is 0 Å². The number of hydrogen-bond donors (Lipinski definition) is 0. The van der Waals surface area contributed by atoms with Crippen molar-refractivity contribution in [2.24, 2.45) is 0 Å². The molecule has 1 amide bonds. The van der Waals surface area contributed by atoms with Crippen molar-refractivity contribution in [3.63, 3.8) is 0 Å². The summed E-state index contributed by atoms with van der Waals surface area (Å²) in [6.45, 7) is 1.33. The van der Waals surface area contributed by atoms with Gasteiger partial charge in [-0.2, -0.15) is 0 Å². The van der Waals surface area contributed by atoms with Crippen LogP contribution in [-0.2, 0) is 11.2 Å². The van der Waals surface area contributed by atoms with Gasteiger partial charge in [0.15, 0.2) is 0 Å². The summed E-state index contributed by atoms with van der Waals surface area (Å²) in [6.07, 6.45) is 3.03. The molecule has 0 atom stereocenters. The van der Waals surface area contributed by atoms with E-state index >= 15 is 0 Å². The standard InChI is InChI=1S/C22H24N4O3/c1-28-19-10-8-17(21(12-19)29-2)9-11-22(27)25-13-18(14-25)26-15-20(23-24-26)16-6-4-3-5-7-16/h3-8,10,12,15,18H,9,11,13-14H2,1-2H3. The van der Waals surface area contributed by atoms with Gasteiger partial charge in [0.2, 0.25) is 5.91 Å². The normalized spacial score (nSPS) is 13.8. The summed E-state index contributed by atoms with van der Waals surface area (Å²) >= 11 is 0. The van der Waals surface area contributed by atoms with Gasteiger partial charge in [0.25, 0.3) is 0 Å². The Kier molecular flexibility index (Phi) is 5.46. The molecule has 2 heterocycles. The molecule has 29 heavy (non-hydrogen) atoms. The van der Waals surface area contributed by atoms with E-state index in [0.29, 0.717) is 25.9 Å². The van der Waals surface area contributed by atoms with Crippen LogP contribution in [0.5, 0.6) is 11.5 Å². The van der Waals surface area contributed by atoms with Crippen LogP contribution in [-0.4, -0.2) is 53.1 Å². The molecular weight excluding hydrogens is 368 g/mol. The number of likely N-dealkylation sites (tertiary alicyclic amines) is 1. The van der Waals surface area contributed by atoms with E-state index in [1.807, 2.05) is 64.3 Å². The molecule has 0 radical (unpaired) electrons. The van der Waals surface area contributed by atoms with Crippen LogP contribution in [0.15, 0.2) is 54.7 Å². The van der Waals surface area contributed by atoms with Crippen molar-refractivity contribution in [2.75, 3.05) is 27.3 Å². The van der Waals surface area contributed by atoms with E-state index in [9.17, 15) is 4.79 Å². The fourth-order valence-corrected chi connectivity index (χ4v) is 3.48. The zero-order chi connectivity index (χ0) is 20.2. The summed E-state index contributed by atoms with van der Waals surface area (Å²) in [4.78, 5) is 14.4. The molecular formula is C22H24N4O3. The van der Waals surface area contributed by atoms with Gasteiger partial charge in [-0.1, -0.05) is 41.6 Å². The molecule has 7 nitrogen and oxygen atoms in total. The van der Waals surface area contributed by atoms with Crippen molar-refractivity contribution in [2.45, 2.75) is 18.9 Å². The number of aromatic nitrogens is 3. The third-order valence-electron chi connectivity index (χ3n) is 5.27. The summed E-state index contributed by atoms with van der Waals surface area (Å²) in [5.74, 6) is 1.63. The molecule has 0 N–H and O–H groups in total. The summed E-state index contributed by atoms with van der Waals surface area (Å²) < 4.78 is 12.5. The molecule has 1 aromatic heterocycles. The number of carbonyl (C=O) groups excluding carboxylic acids is 1. The van der Waals surface area contributed by atoms with Crippen LogP contribution in [0.2, 0.25) is 0 Å². The van der Waals surface area contributed by atoms with Gasteiger partial charge in [-0.3, -0.25) is 4.79 Å². The highest BCUT2D eigenvalue weighted by Gasteiger charge is 2.32. The van der Waals surface area contributed by atoms with E-state index in [4.69, 9.17) is 9.47 Å². The molecule has 1 fully saturated rings. The van der Waals surface area contributed by atoms with Gasteiger partial charge in [0.05, 0.1) is 26.5 Å². The molecule has 0 unspecified atom stereocenters. The molecule has 0 aliphatic carbocycles. The lowest BCUT2D eigenvalue weighted by molar-refractivity contribution is -0.137. The number of nitrogens with zero attached hydrogens (tertiary/aromatic N) is 4. The first-order valence-corrected chi connectivity index (χ1v) is 9.64. The van der Waals surface area contributed by atoms with Crippen LogP contribution < -0.4 is 9.47 Å². The highest BCUT2D eigenvalue weighted by atomic mass is 16.5. The Morgan fingerprint density at radius 3 is 2.62 bits per heavy atom. The maximum absolute atomic E-state index is 12.5. The fourth-order valence-electron chi connectivity index (χ4n) is 3.48.